The van der Waals surface area contributed by atoms with Crippen LogP contribution in [0.2, 0.25) is 5.02 Å². The highest BCUT2D eigenvalue weighted by Crippen LogP contribution is 2.20. The van der Waals surface area contributed by atoms with Crippen LogP contribution in [-0.2, 0) is 0 Å². The summed E-state index contributed by atoms with van der Waals surface area (Å²) in [7, 11) is 1.70. The van der Waals surface area contributed by atoms with Gasteiger partial charge in [0.1, 0.15) is 5.02 Å². The number of hydrogen-bond donors (Lipinski definition) is 1. The molecule has 1 amide bonds. The molecule has 0 aliphatic carbocycles. The number of aromatic amines is 1. The molecule has 5 nitrogen and oxygen atoms in total. The van der Waals surface area contributed by atoms with Crippen molar-refractivity contribution in [2.24, 2.45) is 0 Å². The molecule has 2 aromatic rings. The Morgan fingerprint density at radius 1 is 1.40 bits per heavy atom. The minimum absolute atomic E-state index is 0.000754. The second kappa shape index (κ2) is 5.88. The first kappa shape index (κ1) is 14.3. The van der Waals surface area contributed by atoms with E-state index in [1.165, 1.54) is 12.3 Å². The maximum Gasteiger partial charge on any atom is 0.266 e. The van der Waals surface area contributed by atoms with Crippen LogP contribution in [0, 0.1) is 0 Å². The molecule has 0 aliphatic rings. The van der Waals surface area contributed by atoms with E-state index < -0.39 is 5.56 Å². The van der Waals surface area contributed by atoms with Gasteiger partial charge in [0, 0.05) is 25.6 Å². The molecule has 2 rings (SSSR count). The van der Waals surface area contributed by atoms with E-state index in [0.717, 1.165) is 5.56 Å². The lowest BCUT2D eigenvalue weighted by Crippen LogP contribution is -2.30. The van der Waals surface area contributed by atoms with Crippen molar-refractivity contribution in [3.63, 3.8) is 0 Å². The average Bonchev–Trinajstić information content (AvgIpc) is 2.48. The second-order valence-electron chi connectivity index (χ2n) is 4.44. The van der Waals surface area contributed by atoms with E-state index in [1.807, 2.05) is 19.1 Å². The van der Waals surface area contributed by atoms with Gasteiger partial charge in [-0.05, 0) is 30.7 Å². The number of hydrogen-bond acceptors (Lipinski definition) is 3. The Hall–Kier alpha value is -2.14. The molecule has 0 saturated carbocycles. The summed E-state index contributed by atoms with van der Waals surface area (Å²) in [5.74, 6) is -0.215. The zero-order chi connectivity index (χ0) is 14.7. The standard InChI is InChI=1S/C14H14ClN3O2/c1-9(10-3-5-16-6-4-10)18(2)14(20)11-7-12(15)13(19)17-8-11/h3-9H,1-2H3,(H,17,19)/t9-/m0/s1. The number of carbonyl (C=O) groups is 1. The largest absolute Gasteiger partial charge is 0.335 e. The summed E-state index contributed by atoms with van der Waals surface area (Å²) in [5, 5.41) is 0.000754. The van der Waals surface area contributed by atoms with E-state index >= 15 is 0 Å². The van der Waals surface area contributed by atoms with Crippen LogP contribution in [0.4, 0.5) is 0 Å². The van der Waals surface area contributed by atoms with Gasteiger partial charge in [-0.2, -0.15) is 0 Å². The third kappa shape index (κ3) is 2.88. The van der Waals surface area contributed by atoms with E-state index in [2.05, 4.69) is 9.97 Å². The SMILES string of the molecule is C[C@@H](c1ccncc1)N(C)C(=O)c1c[nH]c(=O)c(Cl)c1. The van der Waals surface area contributed by atoms with Gasteiger partial charge in [-0.15, -0.1) is 0 Å². The smallest absolute Gasteiger partial charge is 0.266 e. The molecule has 0 unspecified atom stereocenters. The van der Waals surface area contributed by atoms with Crippen LogP contribution in [0.1, 0.15) is 28.9 Å². The number of pyridine rings is 2. The van der Waals surface area contributed by atoms with Gasteiger partial charge in [0.05, 0.1) is 11.6 Å². The lowest BCUT2D eigenvalue weighted by atomic mass is 10.1. The molecular weight excluding hydrogens is 278 g/mol. The van der Waals surface area contributed by atoms with Gasteiger partial charge in [0.2, 0.25) is 0 Å². The van der Waals surface area contributed by atoms with Crippen molar-refractivity contribution in [1.82, 2.24) is 14.9 Å². The minimum atomic E-state index is -0.409. The first-order valence-corrected chi connectivity index (χ1v) is 6.44. The maximum atomic E-state index is 12.4. The van der Waals surface area contributed by atoms with Crippen LogP contribution in [0.3, 0.4) is 0 Å². The molecule has 1 atom stereocenters. The number of amides is 1. The molecule has 0 fully saturated rings. The molecular formula is C14H14ClN3O2. The summed E-state index contributed by atoms with van der Waals surface area (Å²) in [4.78, 5) is 31.5. The Morgan fingerprint density at radius 3 is 2.65 bits per heavy atom. The number of rotatable bonds is 3. The fourth-order valence-electron chi connectivity index (χ4n) is 1.82. The summed E-state index contributed by atoms with van der Waals surface area (Å²) in [6, 6.07) is 4.97. The van der Waals surface area contributed by atoms with Crippen molar-refractivity contribution in [1.29, 1.82) is 0 Å². The predicted octanol–water partition coefficient (Wildman–Crippen LogP) is 2.26. The molecule has 0 saturated heterocycles. The van der Waals surface area contributed by atoms with Crippen molar-refractivity contribution >= 4 is 17.5 Å². The Kier molecular flexibility index (Phi) is 4.20. The number of carbonyl (C=O) groups excluding carboxylic acids is 1. The molecule has 2 heterocycles. The molecule has 6 heteroatoms. The van der Waals surface area contributed by atoms with Gasteiger partial charge in [-0.3, -0.25) is 14.6 Å². The average molecular weight is 292 g/mol. The Bertz CT molecular complexity index is 670. The molecule has 20 heavy (non-hydrogen) atoms. The van der Waals surface area contributed by atoms with Crippen molar-refractivity contribution in [2.75, 3.05) is 7.05 Å². The number of nitrogens with zero attached hydrogens (tertiary/aromatic N) is 2. The third-order valence-corrected chi connectivity index (χ3v) is 3.48. The van der Waals surface area contributed by atoms with Crippen LogP contribution in [-0.4, -0.2) is 27.8 Å². The zero-order valence-electron chi connectivity index (χ0n) is 11.1. The summed E-state index contributed by atoms with van der Waals surface area (Å²) in [6.45, 7) is 1.92. The van der Waals surface area contributed by atoms with Gasteiger partial charge in [-0.1, -0.05) is 11.6 Å². The zero-order valence-corrected chi connectivity index (χ0v) is 11.9. The van der Waals surface area contributed by atoms with Crippen LogP contribution < -0.4 is 5.56 Å². The van der Waals surface area contributed by atoms with Gasteiger partial charge in [-0.25, -0.2) is 0 Å². The van der Waals surface area contributed by atoms with E-state index in [9.17, 15) is 9.59 Å². The van der Waals surface area contributed by atoms with Crippen molar-refractivity contribution < 1.29 is 4.79 Å². The van der Waals surface area contributed by atoms with Crippen molar-refractivity contribution in [2.45, 2.75) is 13.0 Å². The fraction of sp³-hybridized carbons (Fsp3) is 0.214. The summed E-state index contributed by atoms with van der Waals surface area (Å²) < 4.78 is 0. The first-order chi connectivity index (χ1) is 9.50. The van der Waals surface area contributed by atoms with Gasteiger partial charge in [0.25, 0.3) is 11.5 Å². The molecule has 2 aromatic heterocycles. The topological polar surface area (TPSA) is 66.1 Å². The lowest BCUT2D eigenvalue weighted by molar-refractivity contribution is 0.0742. The third-order valence-electron chi connectivity index (χ3n) is 3.19. The summed E-state index contributed by atoms with van der Waals surface area (Å²) in [6.07, 6.45) is 4.73. The normalized spacial score (nSPS) is 11.9. The van der Waals surface area contributed by atoms with E-state index in [4.69, 9.17) is 11.6 Å². The summed E-state index contributed by atoms with van der Waals surface area (Å²) in [5.41, 5.74) is 0.914. The van der Waals surface area contributed by atoms with Crippen LogP contribution in [0.25, 0.3) is 0 Å². The van der Waals surface area contributed by atoms with E-state index in [-0.39, 0.29) is 17.0 Å². The highest BCUT2D eigenvalue weighted by Gasteiger charge is 2.19. The maximum absolute atomic E-state index is 12.4. The number of aromatic nitrogens is 2. The highest BCUT2D eigenvalue weighted by atomic mass is 35.5. The molecule has 1 N–H and O–H groups in total. The number of halogens is 1. The molecule has 0 radical (unpaired) electrons. The van der Waals surface area contributed by atoms with E-state index in [0.29, 0.717) is 5.56 Å². The van der Waals surface area contributed by atoms with Crippen LogP contribution in [0.15, 0.2) is 41.6 Å². The van der Waals surface area contributed by atoms with Gasteiger partial charge < -0.3 is 9.88 Å². The van der Waals surface area contributed by atoms with Crippen molar-refractivity contribution in [3.8, 4) is 0 Å². The molecule has 0 aliphatic heterocycles. The monoisotopic (exact) mass is 291 g/mol. The van der Waals surface area contributed by atoms with Crippen LogP contribution >= 0.6 is 11.6 Å². The number of H-pyrrole nitrogens is 1. The van der Waals surface area contributed by atoms with E-state index in [1.54, 1.807) is 24.3 Å². The Balaban J connectivity index is 2.24. The Labute approximate surface area is 121 Å². The van der Waals surface area contributed by atoms with Crippen molar-refractivity contribution in [3.05, 3.63) is 63.3 Å². The fourth-order valence-corrected chi connectivity index (χ4v) is 2.00. The molecule has 0 aromatic carbocycles. The van der Waals surface area contributed by atoms with Gasteiger partial charge >= 0.3 is 0 Å². The van der Waals surface area contributed by atoms with Crippen LogP contribution in [0.5, 0.6) is 0 Å². The molecule has 0 bridgehead atoms. The number of nitrogens with one attached hydrogen (secondary N) is 1. The summed E-state index contributed by atoms with van der Waals surface area (Å²) >= 11 is 5.74. The molecule has 0 spiro atoms. The van der Waals surface area contributed by atoms with Gasteiger partial charge in [0.15, 0.2) is 0 Å². The second-order valence-corrected chi connectivity index (χ2v) is 4.85. The Morgan fingerprint density at radius 2 is 2.05 bits per heavy atom. The minimum Gasteiger partial charge on any atom is -0.335 e. The first-order valence-electron chi connectivity index (χ1n) is 6.06. The highest BCUT2D eigenvalue weighted by molar-refractivity contribution is 6.30. The quantitative estimate of drug-likeness (QED) is 0.943. The lowest BCUT2D eigenvalue weighted by Gasteiger charge is -2.25. The molecule has 104 valence electrons. The predicted molar refractivity (Wildman–Crippen MR) is 76.8 cm³/mol.